The minimum atomic E-state index is 0.405. The van der Waals surface area contributed by atoms with Gasteiger partial charge >= 0.3 is 0 Å². The second kappa shape index (κ2) is 9.40. The van der Waals surface area contributed by atoms with Crippen LogP contribution in [-0.4, -0.2) is 26.0 Å². The molecule has 19 heavy (non-hydrogen) atoms. The molecule has 1 rings (SSSR count). The van der Waals surface area contributed by atoms with Crippen LogP contribution >= 0.6 is 11.8 Å². The van der Waals surface area contributed by atoms with Crippen LogP contribution < -0.4 is 5.32 Å². The molecule has 0 aliphatic heterocycles. The van der Waals surface area contributed by atoms with Gasteiger partial charge in [-0.25, -0.2) is 0 Å². The van der Waals surface area contributed by atoms with Crippen LogP contribution in [0.3, 0.4) is 0 Å². The lowest BCUT2D eigenvalue weighted by atomic mass is 10.1. The average molecular weight is 281 g/mol. The second-order valence-corrected chi connectivity index (χ2v) is 6.39. The molecule has 0 radical (unpaired) electrons. The van der Waals surface area contributed by atoms with Gasteiger partial charge < -0.3 is 10.1 Å². The molecule has 0 saturated heterocycles. The van der Waals surface area contributed by atoms with Crippen molar-refractivity contribution in [1.82, 2.24) is 5.32 Å². The van der Waals surface area contributed by atoms with E-state index in [-0.39, 0.29) is 0 Å². The second-order valence-electron chi connectivity index (χ2n) is 5.23. The van der Waals surface area contributed by atoms with Crippen molar-refractivity contribution < 1.29 is 4.74 Å². The highest BCUT2D eigenvalue weighted by atomic mass is 32.2. The number of nitrogens with one attached hydrogen (secondary N) is 1. The third-order valence-corrected chi connectivity index (χ3v) is 4.09. The fourth-order valence-electron chi connectivity index (χ4n) is 1.68. The van der Waals surface area contributed by atoms with Gasteiger partial charge in [-0.05, 0) is 44.0 Å². The van der Waals surface area contributed by atoms with E-state index < -0.39 is 0 Å². The topological polar surface area (TPSA) is 21.3 Å². The van der Waals surface area contributed by atoms with Gasteiger partial charge in [0.05, 0.1) is 6.61 Å². The molecule has 0 bridgehead atoms. The predicted octanol–water partition coefficient (Wildman–Crippen LogP) is 4.12. The lowest BCUT2D eigenvalue weighted by Crippen LogP contribution is -2.12. The van der Waals surface area contributed by atoms with E-state index in [9.17, 15) is 0 Å². The van der Waals surface area contributed by atoms with Crippen LogP contribution in [0.1, 0.15) is 38.8 Å². The Kier molecular flexibility index (Phi) is 8.19. The Morgan fingerprint density at radius 1 is 1.21 bits per heavy atom. The first-order valence-electron chi connectivity index (χ1n) is 7.11. The summed E-state index contributed by atoms with van der Waals surface area (Å²) in [6, 6.07) is 9.14. The Labute approximate surface area is 122 Å². The smallest absolute Gasteiger partial charge is 0.0560 e. The predicted molar refractivity (Wildman–Crippen MR) is 84.9 cm³/mol. The van der Waals surface area contributed by atoms with Gasteiger partial charge in [0, 0.05) is 23.3 Å². The first-order chi connectivity index (χ1) is 9.13. The highest BCUT2D eigenvalue weighted by Crippen LogP contribution is 2.22. The molecule has 1 unspecified atom stereocenters. The van der Waals surface area contributed by atoms with Crippen LogP contribution in [0.4, 0.5) is 0 Å². The van der Waals surface area contributed by atoms with Crippen molar-refractivity contribution in [3.63, 3.8) is 0 Å². The van der Waals surface area contributed by atoms with Crippen molar-refractivity contribution in [2.45, 2.75) is 38.1 Å². The minimum absolute atomic E-state index is 0.405. The number of benzene rings is 1. The number of thioether (sulfide) groups is 1. The van der Waals surface area contributed by atoms with E-state index in [1.165, 1.54) is 10.5 Å². The largest absolute Gasteiger partial charge is 0.381 e. The van der Waals surface area contributed by atoms with Crippen molar-refractivity contribution in [2.24, 2.45) is 5.92 Å². The average Bonchev–Trinajstić information content (AvgIpc) is 2.41. The molecule has 0 fully saturated rings. The standard InChI is InChI=1S/C16H27NOS/c1-13(2)8-9-18-10-11-19-16-7-5-6-15(12-16)14(3)17-4/h5-7,12-14,17H,8-11H2,1-4H3. The highest BCUT2D eigenvalue weighted by molar-refractivity contribution is 7.99. The molecule has 108 valence electrons. The summed E-state index contributed by atoms with van der Waals surface area (Å²) in [7, 11) is 1.99. The Hall–Kier alpha value is -0.510. The zero-order valence-electron chi connectivity index (χ0n) is 12.6. The molecular weight excluding hydrogens is 254 g/mol. The number of rotatable bonds is 9. The molecule has 1 aromatic carbocycles. The van der Waals surface area contributed by atoms with E-state index in [0.29, 0.717) is 6.04 Å². The van der Waals surface area contributed by atoms with Gasteiger partial charge in [-0.15, -0.1) is 11.8 Å². The minimum Gasteiger partial charge on any atom is -0.381 e. The molecule has 0 aromatic heterocycles. The molecule has 0 aliphatic carbocycles. The molecule has 1 N–H and O–H groups in total. The fourth-order valence-corrected chi connectivity index (χ4v) is 2.51. The number of ether oxygens (including phenoxy) is 1. The highest BCUT2D eigenvalue weighted by Gasteiger charge is 2.03. The van der Waals surface area contributed by atoms with E-state index in [1.54, 1.807) is 0 Å². The number of hydrogen-bond acceptors (Lipinski definition) is 3. The molecule has 2 nitrogen and oxygen atoms in total. The van der Waals surface area contributed by atoms with E-state index >= 15 is 0 Å². The summed E-state index contributed by atoms with van der Waals surface area (Å²) in [5, 5.41) is 3.27. The summed E-state index contributed by atoms with van der Waals surface area (Å²) in [6.07, 6.45) is 1.15. The SMILES string of the molecule is CNC(C)c1cccc(SCCOCCC(C)C)c1. The van der Waals surface area contributed by atoms with Crippen molar-refractivity contribution in [2.75, 3.05) is 26.0 Å². The van der Waals surface area contributed by atoms with Gasteiger partial charge in [-0.2, -0.15) is 0 Å². The number of hydrogen-bond donors (Lipinski definition) is 1. The van der Waals surface area contributed by atoms with Gasteiger partial charge in [-0.1, -0.05) is 26.0 Å². The van der Waals surface area contributed by atoms with Crippen LogP contribution in [0, 0.1) is 5.92 Å². The zero-order chi connectivity index (χ0) is 14.1. The third-order valence-electron chi connectivity index (χ3n) is 3.13. The molecular formula is C16H27NOS. The van der Waals surface area contributed by atoms with E-state index in [0.717, 1.165) is 31.3 Å². The van der Waals surface area contributed by atoms with Gasteiger partial charge in [0.15, 0.2) is 0 Å². The van der Waals surface area contributed by atoms with Crippen molar-refractivity contribution >= 4 is 11.8 Å². The quantitative estimate of drug-likeness (QED) is 0.543. The first-order valence-corrected chi connectivity index (χ1v) is 8.09. The lowest BCUT2D eigenvalue weighted by Gasteiger charge is -2.12. The maximum atomic E-state index is 5.63. The summed E-state index contributed by atoms with van der Waals surface area (Å²) in [5.41, 5.74) is 1.34. The molecule has 0 amide bonds. The molecule has 0 heterocycles. The summed E-state index contributed by atoms with van der Waals surface area (Å²) >= 11 is 1.87. The van der Waals surface area contributed by atoms with Gasteiger partial charge in [0.2, 0.25) is 0 Å². The van der Waals surface area contributed by atoms with Crippen molar-refractivity contribution in [3.05, 3.63) is 29.8 Å². The van der Waals surface area contributed by atoms with Crippen molar-refractivity contribution in [3.8, 4) is 0 Å². The fraction of sp³-hybridized carbons (Fsp3) is 0.625. The summed E-state index contributed by atoms with van der Waals surface area (Å²) in [5.74, 6) is 1.75. The van der Waals surface area contributed by atoms with Crippen LogP contribution in [0.25, 0.3) is 0 Å². The molecule has 0 aliphatic rings. The van der Waals surface area contributed by atoms with Gasteiger partial charge in [0.1, 0.15) is 0 Å². The lowest BCUT2D eigenvalue weighted by molar-refractivity contribution is 0.138. The third kappa shape index (κ3) is 7.00. The Morgan fingerprint density at radius 3 is 2.68 bits per heavy atom. The Morgan fingerprint density at radius 2 is 2.00 bits per heavy atom. The molecule has 0 spiro atoms. The normalized spacial score (nSPS) is 12.9. The summed E-state index contributed by atoms with van der Waals surface area (Å²) in [6.45, 7) is 8.36. The molecule has 3 heteroatoms. The monoisotopic (exact) mass is 281 g/mol. The maximum absolute atomic E-state index is 5.63. The molecule has 1 atom stereocenters. The van der Waals surface area contributed by atoms with Gasteiger partial charge in [-0.3, -0.25) is 0 Å². The van der Waals surface area contributed by atoms with Crippen LogP contribution in [0.15, 0.2) is 29.2 Å². The summed E-state index contributed by atoms with van der Waals surface area (Å²) in [4.78, 5) is 1.33. The van der Waals surface area contributed by atoms with E-state index in [4.69, 9.17) is 4.74 Å². The molecule has 0 saturated carbocycles. The van der Waals surface area contributed by atoms with Crippen molar-refractivity contribution in [1.29, 1.82) is 0 Å². The van der Waals surface area contributed by atoms with Crippen LogP contribution in [0.5, 0.6) is 0 Å². The Bertz CT molecular complexity index is 354. The van der Waals surface area contributed by atoms with Crippen LogP contribution in [0.2, 0.25) is 0 Å². The Balaban J connectivity index is 2.26. The maximum Gasteiger partial charge on any atom is 0.0560 e. The van der Waals surface area contributed by atoms with E-state index in [2.05, 4.69) is 50.4 Å². The van der Waals surface area contributed by atoms with Gasteiger partial charge in [0.25, 0.3) is 0 Å². The first kappa shape index (κ1) is 16.5. The van der Waals surface area contributed by atoms with E-state index in [1.807, 2.05) is 18.8 Å². The molecule has 1 aromatic rings. The summed E-state index contributed by atoms with van der Waals surface area (Å²) < 4.78 is 5.63. The zero-order valence-corrected chi connectivity index (χ0v) is 13.4. The van der Waals surface area contributed by atoms with Crippen LogP contribution in [-0.2, 0) is 4.74 Å².